The second-order valence-corrected chi connectivity index (χ2v) is 9.44. The van der Waals surface area contributed by atoms with Crippen LogP contribution in [0.25, 0.3) is 5.69 Å². The molecular weight excluding hydrogens is 400 g/mol. The van der Waals surface area contributed by atoms with Crippen LogP contribution in [-0.2, 0) is 0 Å². The van der Waals surface area contributed by atoms with Crippen LogP contribution >= 0.6 is 12.2 Å². The second kappa shape index (κ2) is 8.46. The molecule has 5 heteroatoms. The molecule has 1 aliphatic heterocycles. The van der Waals surface area contributed by atoms with Gasteiger partial charge in [-0.15, -0.1) is 0 Å². The van der Waals surface area contributed by atoms with Crippen LogP contribution in [0.1, 0.15) is 59.7 Å². The fourth-order valence-corrected chi connectivity index (χ4v) is 5.08. The van der Waals surface area contributed by atoms with Gasteiger partial charge in [-0.1, -0.05) is 32.0 Å². The third-order valence-corrected chi connectivity index (χ3v) is 6.72. The van der Waals surface area contributed by atoms with Gasteiger partial charge in [0.15, 0.2) is 5.11 Å². The number of nitrogens with zero attached hydrogens (tertiary/aromatic N) is 3. The van der Waals surface area contributed by atoms with Crippen molar-refractivity contribution in [2.45, 2.75) is 53.6 Å². The highest BCUT2D eigenvalue weighted by molar-refractivity contribution is 7.80. The molecule has 2 aromatic heterocycles. The molecule has 0 saturated carbocycles. The summed E-state index contributed by atoms with van der Waals surface area (Å²) < 4.78 is 2.39. The Morgan fingerprint density at radius 2 is 1.84 bits per heavy atom. The summed E-state index contributed by atoms with van der Waals surface area (Å²) in [5, 5.41) is 4.39. The summed E-state index contributed by atoms with van der Waals surface area (Å²) in [6.45, 7) is 14.2. The normalized spacial score (nSPS) is 18.7. The highest BCUT2D eigenvalue weighted by atomic mass is 32.1. The number of nitrogens with one attached hydrogen (secondary N) is 1. The second-order valence-electron chi connectivity index (χ2n) is 9.05. The van der Waals surface area contributed by atoms with Crippen molar-refractivity contribution in [1.29, 1.82) is 0 Å². The Hall–Kier alpha value is -2.66. The SMILES string of the molecule is Cc1cccc(-n2c(C)cc([C@H]3[C@H](c4ccccn4)NC(=S)N3CC(C)C)c2C)c1C. The largest absolute Gasteiger partial charge is 0.352 e. The molecule has 1 fully saturated rings. The number of rotatable bonds is 5. The van der Waals surface area contributed by atoms with Crippen molar-refractivity contribution in [3.05, 3.63) is 82.4 Å². The maximum atomic E-state index is 5.81. The lowest BCUT2D eigenvalue weighted by Crippen LogP contribution is -2.33. The summed E-state index contributed by atoms with van der Waals surface area (Å²) in [6.07, 6.45) is 1.86. The minimum Gasteiger partial charge on any atom is -0.352 e. The third kappa shape index (κ3) is 3.87. The molecule has 0 amide bonds. The number of benzene rings is 1. The minimum atomic E-state index is 0.0278. The van der Waals surface area contributed by atoms with E-state index in [4.69, 9.17) is 12.2 Å². The van der Waals surface area contributed by atoms with Gasteiger partial charge in [0, 0.05) is 29.8 Å². The zero-order chi connectivity index (χ0) is 22.3. The first-order chi connectivity index (χ1) is 14.8. The van der Waals surface area contributed by atoms with E-state index in [1.165, 1.54) is 33.8 Å². The molecule has 1 N–H and O–H groups in total. The molecule has 4 nitrogen and oxygen atoms in total. The van der Waals surface area contributed by atoms with E-state index in [1.807, 2.05) is 12.3 Å². The van der Waals surface area contributed by atoms with E-state index in [2.05, 4.69) is 97.7 Å². The molecule has 2 atom stereocenters. The minimum absolute atomic E-state index is 0.0278. The van der Waals surface area contributed by atoms with Gasteiger partial charge in [-0.25, -0.2) is 0 Å². The van der Waals surface area contributed by atoms with E-state index in [9.17, 15) is 0 Å². The first-order valence-corrected chi connectivity index (χ1v) is 11.4. The van der Waals surface area contributed by atoms with E-state index in [-0.39, 0.29) is 12.1 Å². The van der Waals surface area contributed by atoms with Gasteiger partial charge in [0.2, 0.25) is 0 Å². The molecule has 31 heavy (non-hydrogen) atoms. The highest BCUT2D eigenvalue weighted by Gasteiger charge is 2.41. The topological polar surface area (TPSA) is 33.1 Å². The molecule has 0 spiro atoms. The fourth-order valence-electron chi connectivity index (χ4n) is 4.77. The van der Waals surface area contributed by atoms with Crippen LogP contribution in [0, 0.1) is 33.6 Å². The average molecular weight is 433 g/mol. The predicted molar refractivity (Wildman–Crippen MR) is 132 cm³/mol. The lowest BCUT2D eigenvalue weighted by atomic mass is 9.96. The standard InChI is InChI=1S/C26H32N4S/c1-16(2)15-29-25(24(28-26(29)31)22-11-7-8-13-27-22)21-14-18(4)30(20(21)6)23-12-9-10-17(3)19(23)5/h7-14,16,24-25H,15H2,1-6H3,(H,28,31)/t24-,25-/m0/s1. The lowest BCUT2D eigenvalue weighted by Gasteiger charge is -2.29. The monoisotopic (exact) mass is 432 g/mol. The van der Waals surface area contributed by atoms with Crippen molar-refractivity contribution in [1.82, 2.24) is 19.8 Å². The van der Waals surface area contributed by atoms with Crippen LogP contribution in [0.4, 0.5) is 0 Å². The van der Waals surface area contributed by atoms with Gasteiger partial charge in [0.1, 0.15) is 0 Å². The molecule has 0 unspecified atom stereocenters. The summed E-state index contributed by atoms with van der Waals surface area (Å²) in [4.78, 5) is 7.03. The Labute approximate surface area is 191 Å². The van der Waals surface area contributed by atoms with E-state index < -0.39 is 0 Å². The van der Waals surface area contributed by atoms with E-state index >= 15 is 0 Å². The Morgan fingerprint density at radius 1 is 1.06 bits per heavy atom. The first kappa shape index (κ1) is 21.6. The van der Waals surface area contributed by atoms with Gasteiger partial charge in [0.05, 0.1) is 17.8 Å². The van der Waals surface area contributed by atoms with Crippen molar-refractivity contribution in [2.75, 3.05) is 6.54 Å². The number of pyridine rings is 1. The number of aryl methyl sites for hydroxylation is 2. The van der Waals surface area contributed by atoms with Crippen molar-refractivity contribution in [3.8, 4) is 5.69 Å². The Kier molecular flexibility index (Phi) is 5.89. The number of hydrogen-bond acceptors (Lipinski definition) is 2. The molecule has 1 saturated heterocycles. The van der Waals surface area contributed by atoms with Crippen LogP contribution in [0.3, 0.4) is 0 Å². The van der Waals surface area contributed by atoms with Crippen molar-refractivity contribution < 1.29 is 0 Å². The molecule has 3 heterocycles. The van der Waals surface area contributed by atoms with E-state index in [0.717, 1.165) is 17.4 Å². The molecule has 4 rings (SSSR count). The molecule has 3 aromatic rings. The van der Waals surface area contributed by atoms with Crippen LogP contribution < -0.4 is 5.32 Å². The maximum Gasteiger partial charge on any atom is 0.170 e. The summed E-state index contributed by atoms with van der Waals surface area (Å²) in [5.41, 5.74) is 8.71. The summed E-state index contributed by atoms with van der Waals surface area (Å²) in [7, 11) is 0. The van der Waals surface area contributed by atoms with Gasteiger partial charge >= 0.3 is 0 Å². The van der Waals surface area contributed by atoms with Crippen LogP contribution in [0.2, 0.25) is 0 Å². The summed E-state index contributed by atoms with van der Waals surface area (Å²) in [6, 6.07) is 15.1. The molecule has 1 aliphatic rings. The Morgan fingerprint density at radius 3 is 2.52 bits per heavy atom. The fraction of sp³-hybridized carbons (Fsp3) is 0.385. The first-order valence-electron chi connectivity index (χ1n) is 11.0. The third-order valence-electron chi connectivity index (χ3n) is 6.37. The smallest absolute Gasteiger partial charge is 0.170 e. The Bertz CT molecular complexity index is 1100. The molecule has 0 radical (unpaired) electrons. The van der Waals surface area contributed by atoms with Crippen molar-refractivity contribution >= 4 is 17.3 Å². The molecule has 1 aromatic carbocycles. The van der Waals surface area contributed by atoms with Crippen LogP contribution in [0.15, 0.2) is 48.7 Å². The highest BCUT2D eigenvalue weighted by Crippen LogP contribution is 2.42. The lowest BCUT2D eigenvalue weighted by molar-refractivity contribution is 0.287. The van der Waals surface area contributed by atoms with Gasteiger partial charge < -0.3 is 14.8 Å². The van der Waals surface area contributed by atoms with Crippen LogP contribution in [-0.4, -0.2) is 26.1 Å². The van der Waals surface area contributed by atoms with Crippen LogP contribution in [0.5, 0.6) is 0 Å². The van der Waals surface area contributed by atoms with Gasteiger partial charge in [-0.2, -0.15) is 0 Å². The maximum absolute atomic E-state index is 5.81. The molecule has 162 valence electrons. The van der Waals surface area contributed by atoms with Crippen molar-refractivity contribution in [3.63, 3.8) is 0 Å². The van der Waals surface area contributed by atoms with Crippen molar-refractivity contribution in [2.24, 2.45) is 5.92 Å². The summed E-state index contributed by atoms with van der Waals surface area (Å²) in [5.74, 6) is 0.507. The number of aromatic nitrogens is 2. The molecular formula is C26H32N4S. The van der Waals surface area contributed by atoms with Gasteiger partial charge in [0.25, 0.3) is 0 Å². The number of hydrogen-bond donors (Lipinski definition) is 1. The van der Waals surface area contributed by atoms with E-state index in [0.29, 0.717) is 5.92 Å². The zero-order valence-corrected chi connectivity index (χ0v) is 20.1. The summed E-state index contributed by atoms with van der Waals surface area (Å²) >= 11 is 5.81. The van der Waals surface area contributed by atoms with Gasteiger partial charge in [-0.05, 0) is 86.8 Å². The van der Waals surface area contributed by atoms with Gasteiger partial charge in [-0.3, -0.25) is 4.98 Å². The molecule has 0 bridgehead atoms. The number of thiocarbonyl (C=S) groups is 1. The van der Waals surface area contributed by atoms with E-state index in [1.54, 1.807) is 0 Å². The predicted octanol–water partition coefficient (Wildman–Crippen LogP) is 5.73. The zero-order valence-electron chi connectivity index (χ0n) is 19.3. The Balaban J connectivity index is 1.86. The average Bonchev–Trinajstić information content (AvgIpc) is 3.20. The quantitative estimate of drug-likeness (QED) is 0.522. The molecule has 0 aliphatic carbocycles.